The Hall–Kier alpha value is -1.44. The van der Waals surface area contributed by atoms with Crippen molar-refractivity contribution in [1.82, 2.24) is 0 Å². The highest BCUT2D eigenvalue weighted by atomic mass is 16.5. The van der Waals surface area contributed by atoms with Crippen LogP contribution in [0.2, 0.25) is 0 Å². The third kappa shape index (κ3) is 3.13. The van der Waals surface area contributed by atoms with Gasteiger partial charge in [-0.25, -0.2) is 0 Å². The van der Waals surface area contributed by atoms with Crippen molar-refractivity contribution in [2.24, 2.45) is 0 Å². The predicted molar refractivity (Wildman–Crippen MR) is 63.3 cm³/mol. The van der Waals surface area contributed by atoms with E-state index in [2.05, 4.69) is 26.6 Å². The molecule has 0 bridgehead atoms. The predicted octanol–water partition coefficient (Wildman–Crippen LogP) is 2.29. The highest BCUT2D eigenvalue weighted by Crippen LogP contribution is 2.14. The van der Waals surface area contributed by atoms with Gasteiger partial charge < -0.3 is 4.74 Å². The molecule has 14 heavy (non-hydrogen) atoms. The molecule has 72 valence electrons. The van der Waals surface area contributed by atoms with Gasteiger partial charge in [-0.2, -0.15) is 0 Å². The largest absolute Gasteiger partial charge is 0.462 e. The van der Waals surface area contributed by atoms with E-state index >= 15 is 0 Å². The average Bonchev–Trinajstić information content (AvgIpc) is 2.19. The fourth-order valence-electron chi connectivity index (χ4n) is 1.18. The molecule has 0 aliphatic rings. The van der Waals surface area contributed by atoms with E-state index in [-0.39, 0.29) is 0 Å². The summed E-state index contributed by atoms with van der Waals surface area (Å²) in [5, 5.41) is 0. The summed E-state index contributed by atoms with van der Waals surface area (Å²) in [6, 6.07) is 8.13. The van der Waals surface area contributed by atoms with Gasteiger partial charge in [0.25, 0.3) is 0 Å². The van der Waals surface area contributed by atoms with Gasteiger partial charge in [-0.1, -0.05) is 36.7 Å². The van der Waals surface area contributed by atoms with Gasteiger partial charge in [0.15, 0.2) is 0 Å². The molecule has 0 spiro atoms. The molecule has 1 rings (SSSR count). The lowest BCUT2D eigenvalue weighted by molar-refractivity contribution is 0.428. The van der Waals surface area contributed by atoms with Crippen LogP contribution in [0.1, 0.15) is 12.5 Å². The van der Waals surface area contributed by atoms with Crippen molar-refractivity contribution in [2.75, 3.05) is 0 Å². The van der Waals surface area contributed by atoms with E-state index in [1.54, 1.807) is 6.08 Å². The van der Waals surface area contributed by atoms with Crippen LogP contribution in [0.25, 0.3) is 0 Å². The molecular weight excluding hydrogens is 171 g/mol. The fourth-order valence-corrected chi connectivity index (χ4v) is 1.18. The van der Waals surface area contributed by atoms with E-state index in [4.69, 9.17) is 4.74 Å². The van der Waals surface area contributed by atoms with Gasteiger partial charge in [0.05, 0.1) is 0 Å². The van der Waals surface area contributed by atoms with Crippen LogP contribution in [0.5, 0.6) is 5.75 Å². The maximum Gasteiger partial charge on any atom is 0.126 e. The number of hydrogen-bond donors (Lipinski definition) is 0. The molecule has 0 heterocycles. The number of hydrogen-bond acceptors (Lipinski definition) is 1. The van der Waals surface area contributed by atoms with Crippen LogP contribution in [0, 0.1) is 0 Å². The molecule has 0 saturated carbocycles. The van der Waals surface area contributed by atoms with Gasteiger partial charge in [0, 0.05) is 0 Å². The first-order valence-corrected chi connectivity index (χ1v) is 4.82. The van der Waals surface area contributed by atoms with Crippen LogP contribution in [0.4, 0.5) is 0 Å². The molecule has 2 heteroatoms. The Morgan fingerprint density at radius 2 is 2.07 bits per heavy atom. The Kier molecular flexibility index (Phi) is 4.05. The zero-order valence-corrected chi connectivity index (χ0v) is 8.79. The Balaban J connectivity index is 2.68. The summed E-state index contributed by atoms with van der Waals surface area (Å²) in [6.45, 7) is 5.53. The van der Waals surface area contributed by atoms with Crippen molar-refractivity contribution >= 4 is 7.85 Å². The molecule has 1 aromatic rings. The Bertz CT molecular complexity index is 325. The first kappa shape index (κ1) is 10.6. The van der Waals surface area contributed by atoms with E-state index in [1.807, 2.05) is 25.1 Å². The van der Waals surface area contributed by atoms with Gasteiger partial charge in [-0.15, -0.1) is 0 Å². The summed E-state index contributed by atoms with van der Waals surface area (Å²) in [7, 11) is 2.14. The minimum Gasteiger partial charge on any atom is -0.462 e. The van der Waals surface area contributed by atoms with Crippen LogP contribution >= 0.6 is 0 Å². The molecule has 0 aliphatic heterocycles. The second-order valence-corrected chi connectivity index (χ2v) is 3.11. The zero-order chi connectivity index (χ0) is 10.4. The number of rotatable bonds is 4. The van der Waals surface area contributed by atoms with Crippen molar-refractivity contribution in [3.8, 4) is 5.75 Å². The maximum atomic E-state index is 5.54. The molecule has 0 N–H and O–H groups in total. The highest BCUT2D eigenvalue weighted by Gasteiger charge is 1.94. The topological polar surface area (TPSA) is 9.23 Å². The maximum absolute atomic E-state index is 5.54. The molecule has 0 radical (unpaired) electrons. The van der Waals surface area contributed by atoms with Crippen molar-refractivity contribution in [3.63, 3.8) is 0 Å². The van der Waals surface area contributed by atoms with Gasteiger partial charge in [0.1, 0.15) is 19.4 Å². The summed E-state index contributed by atoms with van der Waals surface area (Å²) < 4.78 is 5.54. The van der Waals surface area contributed by atoms with Gasteiger partial charge in [-0.05, 0) is 25.1 Å². The van der Waals surface area contributed by atoms with Crippen molar-refractivity contribution in [2.45, 2.75) is 13.2 Å². The second kappa shape index (κ2) is 5.33. The van der Waals surface area contributed by atoms with Crippen LogP contribution in [0.3, 0.4) is 0 Å². The summed E-state index contributed by atoms with van der Waals surface area (Å²) in [6.07, 6.45) is 4.62. The van der Waals surface area contributed by atoms with E-state index in [0.29, 0.717) is 0 Å². The van der Waals surface area contributed by atoms with Crippen LogP contribution in [-0.2, 0) is 6.32 Å². The minimum absolute atomic E-state index is 0.851. The fraction of sp³-hybridized carbons (Fsp3) is 0.167. The highest BCUT2D eigenvalue weighted by molar-refractivity contribution is 6.08. The molecule has 1 aromatic carbocycles. The third-order valence-electron chi connectivity index (χ3n) is 1.96. The molecule has 0 saturated heterocycles. The van der Waals surface area contributed by atoms with Gasteiger partial charge >= 0.3 is 0 Å². The molecular formula is C12H15BO. The number of benzene rings is 1. The monoisotopic (exact) mass is 186 g/mol. The standard InChI is InChI=1S/C12H15BO/c1-3-4-10(2)14-12-7-5-11(9-13)6-8-12/h3-8H,1,9,13H2,2H3/b10-4-. The quantitative estimate of drug-likeness (QED) is 0.398. The van der Waals surface area contributed by atoms with Crippen molar-refractivity contribution in [1.29, 1.82) is 0 Å². The molecule has 0 aliphatic carbocycles. The zero-order valence-electron chi connectivity index (χ0n) is 8.79. The lowest BCUT2D eigenvalue weighted by atomic mass is 9.97. The number of allylic oxidation sites excluding steroid dienone is 3. The SMILES string of the molecule is BCc1ccc(O/C(C)=C\C=C)cc1. The van der Waals surface area contributed by atoms with Gasteiger partial charge in [0.2, 0.25) is 0 Å². The summed E-state index contributed by atoms with van der Waals surface area (Å²) in [4.78, 5) is 0. The lowest BCUT2D eigenvalue weighted by Crippen LogP contribution is -1.90. The summed E-state index contributed by atoms with van der Waals surface area (Å²) in [5.74, 6) is 1.72. The van der Waals surface area contributed by atoms with Crippen molar-refractivity contribution in [3.05, 3.63) is 54.3 Å². The van der Waals surface area contributed by atoms with E-state index in [1.165, 1.54) is 5.56 Å². The molecule has 0 aromatic heterocycles. The van der Waals surface area contributed by atoms with Gasteiger partial charge in [-0.3, -0.25) is 0 Å². The van der Waals surface area contributed by atoms with Crippen LogP contribution < -0.4 is 4.74 Å². The first-order valence-electron chi connectivity index (χ1n) is 4.82. The first-order chi connectivity index (χ1) is 6.76. The van der Waals surface area contributed by atoms with E-state index < -0.39 is 0 Å². The lowest BCUT2D eigenvalue weighted by Gasteiger charge is -2.05. The third-order valence-corrected chi connectivity index (χ3v) is 1.96. The minimum atomic E-state index is 0.851. The molecule has 0 amide bonds. The van der Waals surface area contributed by atoms with Crippen LogP contribution in [-0.4, -0.2) is 7.85 Å². The smallest absolute Gasteiger partial charge is 0.126 e. The molecule has 0 fully saturated rings. The molecule has 1 nitrogen and oxygen atoms in total. The normalized spacial score (nSPS) is 11.1. The average molecular weight is 186 g/mol. The van der Waals surface area contributed by atoms with E-state index in [0.717, 1.165) is 17.8 Å². The molecule has 0 unspecified atom stereocenters. The Morgan fingerprint density at radius 1 is 1.43 bits per heavy atom. The van der Waals surface area contributed by atoms with Crippen molar-refractivity contribution < 1.29 is 4.74 Å². The van der Waals surface area contributed by atoms with E-state index in [9.17, 15) is 0 Å². The summed E-state index contributed by atoms with van der Waals surface area (Å²) >= 11 is 0. The number of ether oxygens (including phenoxy) is 1. The second-order valence-electron chi connectivity index (χ2n) is 3.11. The molecule has 0 atom stereocenters. The summed E-state index contributed by atoms with van der Waals surface area (Å²) in [5.41, 5.74) is 1.32. The van der Waals surface area contributed by atoms with Crippen LogP contribution in [0.15, 0.2) is 48.8 Å². The Labute approximate surface area is 86.5 Å². The Morgan fingerprint density at radius 3 is 2.57 bits per heavy atom.